The minimum Gasteiger partial charge on any atom is -0.342 e. The number of carbonyl (C=O) groups excluding carboxylic acids is 2. The molecule has 0 spiro atoms. The van der Waals surface area contributed by atoms with E-state index in [2.05, 4.69) is 12.2 Å². The third-order valence-electron chi connectivity index (χ3n) is 4.85. The maximum Gasteiger partial charge on any atom is 0.246 e. The quantitative estimate of drug-likeness (QED) is 0.844. The summed E-state index contributed by atoms with van der Waals surface area (Å²) in [4.78, 5) is 26.5. The monoisotopic (exact) mass is 280 g/mol. The summed E-state index contributed by atoms with van der Waals surface area (Å²) in [6, 6.07) is -0.117. The molecule has 2 aliphatic rings. The summed E-state index contributed by atoms with van der Waals surface area (Å²) in [5.41, 5.74) is -0.230. The highest BCUT2D eigenvalue weighted by Gasteiger charge is 2.42. The molecule has 1 aliphatic heterocycles. The van der Waals surface area contributed by atoms with Crippen LogP contribution in [-0.2, 0) is 9.59 Å². The summed E-state index contributed by atoms with van der Waals surface area (Å²) in [5, 5.41) is 2.86. The van der Waals surface area contributed by atoms with E-state index in [0.29, 0.717) is 0 Å². The molecule has 0 aromatic carbocycles. The molecule has 1 N–H and O–H groups in total. The Bertz CT molecular complexity index is 378. The fraction of sp³-hybridized carbons (Fsp3) is 0.875. The molecule has 2 amide bonds. The van der Waals surface area contributed by atoms with Crippen LogP contribution in [0.2, 0.25) is 0 Å². The minimum absolute atomic E-state index is 0.0119. The van der Waals surface area contributed by atoms with E-state index < -0.39 is 0 Å². The van der Waals surface area contributed by atoms with Gasteiger partial charge in [0.2, 0.25) is 11.8 Å². The van der Waals surface area contributed by atoms with Gasteiger partial charge in [0.1, 0.15) is 6.04 Å². The molecule has 0 bridgehead atoms. The molecule has 1 heterocycles. The maximum atomic E-state index is 12.7. The van der Waals surface area contributed by atoms with Crippen LogP contribution in [0.3, 0.4) is 0 Å². The van der Waals surface area contributed by atoms with Crippen LogP contribution in [0, 0.1) is 11.3 Å². The second-order valence-electron chi connectivity index (χ2n) is 7.42. The Labute approximate surface area is 122 Å². The Balaban J connectivity index is 2.07. The predicted molar refractivity (Wildman–Crippen MR) is 79.1 cm³/mol. The average Bonchev–Trinajstić information content (AvgIpc) is 2.40. The number of nitrogens with zero attached hydrogens (tertiary/aromatic N) is 1. The molecule has 1 saturated heterocycles. The lowest BCUT2D eigenvalue weighted by molar-refractivity contribution is -0.150. The van der Waals surface area contributed by atoms with Gasteiger partial charge in [-0.25, -0.2) is 0 Å². The second-order valence-corrected chi connectivity index (χ2v) is 7.42. The van der Waals surface area contributed by atoms with Crippen molar-refractivity contribution in [3.8, 4) is 0 Å². The molecule has 4 nitrogen and oxygen atoms in total. The Morgan fingerprint density at radius 1 is 1.15 bits per heavy atom. The predicted octanol–water partition coefficient (Wildman–Crippen LogP) is 2.33. The van der Waals surface area contributed by atoms with Gasteiger partial charge in [-0.05, 0) is 37.0 Å². The van der Waals surface area contributed by atoms with Crippen molar-refractivity contribution >= 4 is 11.8 Å². The molecule has 2 fully saturated rings. The number of amides is 2. The summed E-state index contributed by atoms with van der Waals surface area (Å²) in [7, 11) is 0. The molecule has 1 aliphatic carbocycles. The normalized spacial score (nSPS) is 32.2. The van der Waals surface area contributed by atoms with Gasteiger partial charge in [0.05, 0.1) is 6.54 Å². The molecule has 2 rings (SSSR count). The first-order valence-corrected chi connectivity index (χ1v) is 7.92. The van der Waals surface area contributed by atoms with Crippen LogP contribution >= 0.6 is 0 Å². The lowest BCUT2D eigenvalue weighted by Gasteiger charge is -2.44. The minimum atomic E-state index is -0.382. The van der Waals surface area contributed by atoms with Crippen molar-refractivity contribution < 1.29 is 9.59 Å². The van der Waals surface area contributed by atoms with Crippen molar-refractivity contribution in [2.24, 2.45) is 11.3 Å². The molecule has 1 unspecified atom stereocenters. The number of rotatable bonds is 2. The van der Waals surface area contributed by atoms with Gasteiger partial charge in [0.15, 0.2) is 0 Å². The zero-order valence-corrected chi connectivity index (χ0v) is 13.2. The molecular formula is C16H28N2O2. The number of nitrogens with one attached hydrogen (secondary N) is 1. The Morgan fingerprint density at radius 2 is 1.75 bits per heavy atom. The summed E-state index contributed by atoms with van der Waals surface area (Å²) in [5.74, 6) is 0.901. The molecule has 20 heavy (non-hydrogen) atoms. The third-order valence-corrected chi connectivity index (χ3v) is 4.85. The van der Waals surface area contributed by atoms with Crippen LogP contribution in [0.1, 0.15) is 59.8 Å². The summed E-state index contributed by atoms with van der Waals surface area (Å²) < 4.78 is 0. The van der Waals surface area contributed by atoms with Crippen molar-refractivity contribution in [3.05, 3.63) is 0 Å². The van der Waals surface area contributed by atoms with Gasteiger partial charge in [-0.1, -0.05) is 34.1 Å². The van der Waals surface area contributed by atoms with Crippen molar-refractivity contribution in [2.45, 2.75) is 71.9 Å². The first-order chi connectivity index (χ1) is 9.32. The van der Waals surface area contributed by atoms with Gasteiger partial charge < -0.3 is 10.2 Å². The molecule has 0 aromatic heterocycles. The lowest BCUT2D eigenvalue weighted by Crippen LogP contribution is -2.64. The van der Waals surface area contributed by atoms with Gasteiger partial charge in [-0.3, -0.25) is 9.59 Å². The third kappa shape index (κ3) is 3.15. The lowest BCUT2D eigenvalue weighted by atomic mass is 9.81. The molecule has 1 atom stereocenters. The van der Waals surface area contributed by atoms with E-state index in [0.717, 1.165) is 18.8 Å². The fourth-order valence-electron chi connectivity index (χ4n) is 3.43. The van der Waals surface area contributed by atoms with Gasteiger partial charge in [0.25, 0.3) is 0 Å². The molecule has 114 valence electrons. The largest absolute Gasteiger partial charge is 0.342 e. The smallest absolute Gasteiger partial charge is 0.246 e. The van der Waals surface area contributed by atoms with Crippen molar-refractivity contribution in [1.29, 1.82) is 0 Å². The van der Waals surface area contributed by atoms with Crippen molar-refractivity contribution in [3.63, 3.8) is 0 Å². The van der Waals surface area contributed by atoms with Crippen molar-refractivity contribution in [2.75, 3.05) is 6.54 Å². The first-order valence-electron chi connectivity index (χ1n) is 7.92. The number of hydrogen-bond donors (Lipinski definition) is 1. The highest BCUT2D eigenvalue weighted by atomic mass is 16.2. The highest BCUT2D eigenvalue weighted by molar-refractivity contribution is 5.95. The summed E-state index contributed by atoms with van der Waals surface area (Å²) in [6.07, 6.45) is 5.70. The molecule has 0 radical (unpaired) electrons. The first kappa shape index (κ1) is 15.3. The fourth-order valence-corrected chi connectivity index (χ4v) is 3.43. The maximum absolute atomic E-state index is 12.7. The summed E-state index contributed by atoms with van der Waals surface area (Å²) in [6.45, 7) is 8.50. The van der Waals surface area contributed by atoms with Gasteiger partial charge in [-0.2, -0.15) is 0 Å². The Hall–Kier alpha value is -1.06. The van der Waals surface area contributed by atoms with Crippen LogP contribution in [0.15, 0.2) is 0 Å². The number of piperazine rings is 1. The zero-order valence-electron chi connectivity index (χ0n) is 13.2. The Kier molecular flexibility index (Phi) is 4.40. The van der Waals surface area contributed by atoms with E-state index in [4.69, 9.17) is 0 Å². The van der Waals surface area contributed by atoms with E-state index >= 15 is 0 Å². The van der Waals surface area contributed by atoms with Crippen LogP contribution in [0.4, 0.5) is 0 Å². The molecule has 4 heteroatoms. The van der Waals surface area contributed by atoms with Gasteiger partial charge >= 0.3 is 0 Å². The number of hydrogen-bond acceptors (Lipinski definition) is 2. The molecule has 0 aromatic rings. The second kappa shape index (κ2) is 5.74. The highest BCUT2D eigenvalue weighted by Crippen LogP contribution is 2.32. The zero-order chi connectivity index (χ0) is 14.9. The Morgan fingerprint density at radius 3 is 2.25 bits per heavy atom. The number of carbonyl (C=O) groups is 2. The van der Waals surface area contributed by atoms with Gasteiger partial charge in [0, 0.05) is 6.04 Å². The van der Waals surface area contributed by atoms with Gasteiger partial charge in [-0.15, -0.1) is 0 Å². The van der Waals surface area contributed by atoms with E-state index in [9.17, 15) is 9.59 Å². The molecule has 1 saturated carbocycles. The standard InChI is InChI=1S/C16H28N2O2/c1-5-11-6-8-12(9-7-11)18-10-13(19)17-14(15(18)20)16(2,3)4/h11-12,14H,5-10H2,1-4H3,(H,17,19). The molecular weight excluding hydrogens is 252 g/mol. The van der Waals surface area contributed by atoms with E-state index in [1.807, 2.05) is 25.7 Å². The van der Waals surface area contributed by atoms with E-state index in [-0.39, 0.29) is 35.9 Å². The summed E-state index contributed by atoms with van der Waals surface area (Å²) >= 11 is 0. The average molecular weight is 280 g/mol. The SMILES string of the molecule is CCC1CCC(N2CC(=O)NC(C(C)(C)C)C2=O)CC1. The van der Waals surface area contributed by atoms with E-state index in [1.54, 1.807) is 0 Å². The van der Waals surface area contributed by atoms with Crippen LogP contribution < -0.4 is 5.32 Å². The van der Waals surface area contributed by atoms with Crippen LogP contribution in [-0.4, -0.2) is 35.3 Å². The van der Waals surface area contributed by atoms with Crippen LogP contribution in [0.5, 0.6) is 0 Å². The van der Waals surface area contributed by atoms with Crippen LogP contribution in [0.25, 0.3) is 0 Å². The van der Waals surface area contributed by atoms with E-state index in [1.165, 1.54) is 19.3 Å². The topological polar surface area (TPSA) is 49.4 Å². The van der Waals surface area contributed by atoms with Crippen molar-refractivity contribution in [1.82, 2.24) is 10.2 Å².